The Hall–Kier alpha value is -0.120. The van der Waals surface area contributed by atoms with Gasteiger partial charge in [-0.15, -0.1) is 0 Å². The van der Waals surface area contributed by atoms with Gasteiger partial charge in [-0.25, -0.2) is 0 Å². The van der Waals surface area contributed by atoms with E-state index in [1.54, 1.807) is 0 Å². The number of nitrogens with one attached hydrogen (secondary N) is 3. The minimum atomic E-state index is 0.372. The lowest BCUT2D eigenvalue weighted by Crippen LogP contribution is -2.38. The molecule has 3 N–H and O–H groups in total. The normalized spacial score (nSPS) is 14.5. The van der Waals surface area contributed by atoms with Crippen LogP contribution in [0.4, 0.5) is 0 Å². The van der Waals surface area contributed by atoms with Gasteiger partial charge in [-0.1, -0.05) is 106 Å². The zero-order valence-corrected chi connectivity index (χ0v) is 24.4. The van der Waals surface area contributed by atoms with E-state index in [-0.39, 0.29) is 0 Å². The van der Waals surface area contributed by atoms with Crippen LogP contribution in [0.2, 0.25) is 0 Å². The summed E-state index contributed by atoms with van der Waals surface area (Å²) in [4.78, 5) is 0. The van der Waals surface area contributed by atoms with Crippen molar-refractivity contribution in [3.63, 3.8) is 0 Å². The van der Waals surface area contributed by atoms with Gasteiger partial charge < -0.3 is 16.0 Å². The van der Waals surface area contributed by atoms with Crippen molar-refractivity contribution in [2.45, 2.75) is 157 Å². The van der Waals surface area contributed by atoms with Crippen LogP contribution in [0.3, 0.4) is 0 Å². The van der Waals surface area contributed by atoms with E-state index in [2.05, 4.69) is 71.3 Å². The zero-order valence-electron chi connectivity index (χ0n) is 24.4. The maximum atomic E-state index is 3.68. The Bertz CT molecular complexity index is 370. The predicted octanol–water partition coefficient (Wildman–Crippen LogP) is 8.09. The molecule has 0 saturated carbocycles. The van der Waals surface area contributed by atoms with E-state index in [1.165, 1.54) is 116 Å². The first kappa shape index (κ1) is 32.9. The Morgan fingerprint density at radius 1 is 0.394 bits per heavy atom. The summed E-state index contributed by atoms with van der Waals surface area (Å²) in [6, 6.07) is 1.20. The van der Waals surface area contributed by atoms with Crippen molar-refractivity contribution < 1.29 is 0 Å². The Morgan fingerprint density at radius 2 is 0.636 bits per heavy atom. The van der Waals surface area contributed by atoms with Crippen LogP contribution in [0.1, 0.15) is 145 Å². The highest BCUT2D eigenvalue weighted by Crippen LogP contribution is 2.19. The highest BCUT2D eigenvalue weighted by atomic mass is 14.9. The van der Waals surface area contributed by atoms with Crippen molar-refractivity contribution >= 4 is 0 Å². The van der Waals surface area contributed by atoms with Crippen molar-refractivity contribution in [3.8, 4) is 0 Å². The van der Waals surface area contributed by atoms with Crippen LogP contribution >= 0.6 is 0 Å². The molecule has 2 unspecified atom stereocenters. The van der Waals surface area contributed by atoms with Gasteiger partial charge in [0.2, 0.25) is 0 Å². The molecule has 0 aromatic heterocycles. The summed E-state index contributed by atoms with van der Waals surface area (Å²) in [7, 11) is 0. The molecule has 0 fully saturated rings. The second kappa shape index (κ2) is 20.1. The average Bonchev–Trinajstić information content (AvgIpc) is 2.73. The molecule has 0 aliphatic rings. The van der Waals surface area contributed by atoms with Crippen LogP contribution in [0.15, 0.2) is 0 Å². The number of hydrogen-bond acceptors (Lipinski definition) is 3. The minimum absolute atomic E-state index is 0.372. The third-order valence-electron chi connectivity index (χ3n) is 7.56. The molecule has 33 heavy (non-hydrogen) atoms. The van der Waals surface area contributed by atoms with Gasteiger partial charge in [-0.3, -0.25) is 0 Å². The minimum Gasteiger partial charge on any atom is -0.317 e. The van der Waals surface area contributed by atoms with Crippen LogP contribution in [-0.4, -0.2) is 38.3 Å². The zero-order chi connectivity index (χ0) is 25.0. The molecule has 0 saturated heterocycles. The standard InChI is InChI=1S/C30H65N3/c1-27(29(3,4)5)32-25-21-17-13-9-11-15-19-23-31-24-20-16-12-10-14-18-22-26-33-28(2)30(6,7)8/h27-28,31-33H,9-26H2,1-8H3. The second-order valence-corrected chi connectivity index (χ2v) is 12.8. The molecular weight excluding hydrogens is 402 g/mol. The molecule has 0 spiro atoms. The first-order chi connectivity index (χ1) is 15.5. The second-order valence-electron chi connectivity index (χ2n) is 12.8. The molecule has 0 bridgehead atoms. The topological polar surface area (TPSA) is 36.1 Å². The van der Waals surface area contributed by atoms with E-state index >= 15 is 0 Å². The van der Waals surface area contributed by atoms with Crippen molar-refractivity contribution in [3.05, 3.63) is 0 Å². The van der Waals surface area contributed by atoms with E-state index in [4.69, 9.17) is 0 Å². The number of hydrogen-bond donors (Lipinski definition) is 3. The lowest BCUT2D eigenvalue weighted by Gasteiger charge is -2.28. The van der Waals surface area contributed by atoms with Crippen LogP contribution in [0.25, 0.3) is 0 Å². The lowest BCUT2D eigenvalue weighted by atomic mass is 9.88. The third-order valence-corrected chi connectivity index (χ3v) is 7.56. The fraction of sp³-hybridized carbons (Fsp3) is 1.00. The highest BCUT2D eigenvalue weighted by Gasteiger charge is 2.19. The smallest absolute Gasteiger partial charge is 0.00872 e. The maximum absolute atomic E-state index is 3.68. The number of rotatable bonds is 22. The summed E-state index contributed by atoms with van der Waals surface area (Å²) in [6.07, 6.45) is 19.4. The fourth-order valence-electron chi connectivity index (χ4n) is 3.89. The molecule has 3 nitrogen and oxygen atoms in total. The third kappa shape index (κ3) is 22.1. The molecule has 3 heteroatoms. The molecule has 0 radical (unpaired) electrons. The van der Waals surface area contributed by atoms with Gasteiger partial charge in [-0.05, 0) is 76.5 Å². The molecule has 0 rings (SSSR count). The Labute approximate surface area is 210 Å². The molecule has 0 heterocycles. The van der Waals surface area contributed by atoms with Gasteiger partial charge in [-0.2, -0.15) is 0 Å². The highest BCUT2D eigenvalue weighted by molar-refractivity contribution is 4.76. The molecule has 0 aliphatic carbocycles. The monoisotopic (exact) mass is 468 g/mol. The van der Waals surface area contributed by atoms with Crippen molar-refractivity contribution in [2.75, 3.05) is 26.2 Å². The van der Waals surface area contributed by atoms with Crippen LogP contribution in [-0.2, 0) is 0 Å². The number of unbranched alkanes of at least 4 members (excludes halogenated alkanes) is 12. The predicted molar refractivity (Wildman–Crippen MR) is 151 cm³/mol. The van der Waals surface area contributed by atoms with E-state index in [0.717, 1.165) is 0 Å². The van der Waals surface area contributed by atoms with E-state index < -0.39 is 0 Å². The molecular formula is C30H65N3. The van der Waals surface area contributed by atoms with Crippen LogP contribution in [0.5, 0.6) is 0 Å². The largest absolute Gasteiger partial charge is 0.317 e. The fourth-order valence-corrected chi connectivity index (χ4v) is 3.89. The molecule has 2 atom stereocenters. The first-order valence-corrected chi connectivity index (χ1v) is 14.7. The maximum Gasteiger partial charge on any atom is 0.00872 e. The van der Waals surface area contributed by atoms with Crippen molar-refractivity contribution in [2.24, 2.45) is 10.8 Å². The van der Waals surface area contributed by atoms with Gasteiger partial charge in [0.05, 0.1) is 0 Å². The first-order valence-electron chi connectivity index (χ1n) is 14.7. The lowest BCUT2D eigenvalue weighted by molar-refractivity contribution is 0.285. The Balaban J connectivity index is 3.18. The SMILES string of the molecule is CC(NCCCCCCCCCNCCCCCCCCCNC(C)C(C)(C)C)C(C)(C)C. The van der Waals surface area contributed by atoms with Gasteiger partial charge in [0, 0.05) is 12.1 Å². The van der Waals surface area contributed by atoms with Gasteiger partial charge in [0.15, 0.2) is 0 Å². The van der Waals surface area contributed by atoms with Gasteiger partial charge in [0.25, 0.3) is 0 Å². The van der Waals surface area contributed by atoms with E-state index in [9.17, 15) is 0 Å². The van der Waals surface area contributed by atoms with Crippen LogP contribution in [0, 0.1) is 10.8 Å². The van der Waals surface area contributed by atoms with Gasteiger partial charge >= 0.3 is 0 Å². The molecule has 0 aromatic rings. The van der Waals surface area contributed by atoms with E-state index in [0.29, 0.717) is 22.9 Å². The molecule has 200 valence electrons. The molecule has 0 amide bonds. The van der Waals surface area contributed by atoms with Gasteiger partial charge in [0.1, 0.15) is 0 Å². The van der Waals surface area contributed by atoms with E-state index in [1.807, 2.05) is 0 Å². The Morgan fingerprint density at radius 3 is 0.909 bits per heavy atom. The average molecular weight is 468 g/mol. The van der Waals surface area contributed by atoms with Crippen molar-refractivity contribution in [1.29, 1.82) is 0 Å². The quantitative estimate of drug-likeness (QED) is 0.141. The summed E-state index contributed by atoms with van der Waals surface area (Å²) in [6.45, 7) is 23.3. The summed E-state index contributed by atoms with van der Waals surface area (Å²) < 4.78 is 0. The summed E-state index contributed by atoms with van der Waals surface area (Å²) in [5, 5.41) is 11.0. The molecule has 0 aliphatic heterocycles. The molecule has 0 aromatic carbocycles. The summed E-state index contributed by atoms with van der Waals surface area (Å²) in [5.41, 5.74) is 0.743. The van der Waals surface area contributed by atoms with Crippen molar-refractivity contribution in [1.82, 2.24) is 16.0 Å². The van der Waals surface area contributed by atoms with Crippen LogP contribution < -0.4 is 16.0 Å². The summed E-state index contributed by atoms with van der Waals surface area (Å²) in [5.74, 6) is 0. The summed E-state index contributed by atoms with van der Waals surface area (Å²) >= 11 is 0. The Kier molecular flexibility index (Phi) is 20.0.